The quantitative estimate of drug-likeness (QED) is 0.457. The van der Waals surface area contributed by atoms with Crippen molar-refractivity contribution in [3.05, 3.63) is 65.2 Å². The van der Waals surface area contributed by atoms with Crippen molar-refractivity contribution in [3.63, 3.8) is 0 Å². The van der Waals surface area contributed by atoms with Crippen LogP contribution < -0.4 is 15.4 Å². The Labute approximate surface area is 218 Å². The molecule has 2 fully saturated rings. The maximum atomic E-state index is 12.8. The maximum absolute atomic E-state index is 12.8. The van der Waals surface area contributed by atoms with Gasteiger partial charge >= 0.3 is 6.09 Å². The van der Waals surface area contributed by atoms with Crippen LogP contribution in [0.4, 0.5) is 4.79 Å². The van der Waals surface area contributed by atoms with Crippen molar-refractivity contribution >= 4 is 12.0 Å². The number of rotatable bonds is 10. The number of aliphatic hydroxyl groups is 1. The first-order chi connectivity index (χ1) is 17.9. The van der Waals surface area contributed by atoms with Crippen LogP contribution in [0.5, 0.6) is 5.75 Å². The fourth-order valence-electron chi connectivity index (χ4n) is 5.55. The minimum Gasteiger partial charge on any atom is -0.487 e. The summed E-state index contributed by atoms with van der Waals surface area (Å²) in [5.74, 6) is 0.623. The number of hydrogen-bond donors (Lipinski definition) is 3. The fraction of sp³-hybridized carbons (Fsp3) is 0.517. The van der Waals surface area contributed by atoms with Gasteiger partial charge in [-0.3, -0.25) is 9.69 Å². The van der Waals surface area contributed by atoms with E-state index in [-0.39, 0.29) is 24.1 Å². The van der Waals surface area contributed by atoms with E-state index < -0.39 is 18.2 Å². The molecule has 0 radical (unpaired) electrons. The van der Waals surface area contributed by atoms with Gasteiger partial charge in [0.1, 0.15) is 24.5 Å². The average molecular weight is 508 g/mol. The lowest BCUT2D eigenvalue weighted by Gasteiger charge is -2.48. The van der Waals surface area contributed by atoms with E-state index in [0.717, 1.165) is 42.6 Å². The highest BCUT2D eigenvalue weighted by Gasteiger charge is 2.45. The van der Waals surface area contributed by atoms with Crippen molar-refractivity contribution in [2.24, 2.45) is 0 Å². The Hall–Kier alpha value is -3.10. The second-order valence-electron chi connectivity index (χ2n) is 10.5. The number of nitrogens with one attached hydrogen (secondary N) is 2. The van der Waals surface area contributed by atoms with Gasteiger partial charge in [0.25, 0.3) is 0 Å². The van der Waals surface area contributed by atoms with Gasteiger partial charge in [0.2, 0.25) is 5.91 Å². The van der Waals surface area contributed by atoms with Gasteiger partial charge < -0.3 is 25.2 Å². The summed E-state index contributed by atoms with van der Waals surface area (Å²) in [6, 6.07) is 15.8. The lowest BCUT2D eigenvalue weighted by atomic mass is 9.72. The number of carbonyl (C=O) groups is 2. The average Bonchev–Trinajstić information content (AvgIpc) is 3.29. The van der Waals surface area contributed by atoms with Crippen LogP contribution in [0.3, 0.4) is 0 Å². The summed E-state index contributed by atoms with van der Waals surface area (Å²) < 4.78 is 11.4. The topological polar surface area (TPSA) is 100 Å². The highest BCUT2D eigenvalue weighted by molar-refractivity contribution is 5.83. The van der Waals surface area contributed by atoms with Crippen molar-refractivity contribution in [2.75, 3.05) is 26.2 Å². The fourth-order valence-corrected chi connectivity index (χ4v) is 5.55. The number of benzene rings is 2. The normalized spacial score (nSPS) is 21.4. The second-order valence-corrected chi connectivity index (χ2v) is 10.5. The van der Waals surface area contributed by atoms with E-state index in [2.05, 4.69) is 35.8 Å². The summed E-state index contributed by atoms with van der Waals surface area (Å²) in [7, 11) is 0. The molecule has 2 amide bonds. The highest BCUT2D eigenvalue weighted by Crippen LogP contribution is 2.49. The predicted octanol–water partition coefficient (Wildman–Crippen LogP) is 3.13. The molecule has 1 aliphatic carbocycles. The highest BCUT2D eigenvalue weighted by atomic mass is 16.6. The van der Waals surface area contributed by atoms with Gasteiger partial charge in [-0.15, -0.1) is 0 Å². The minimum absolute atomic E-state index is 0.0673. The van der Waals surface area contributed by atoms with Gasteiger partial charge in [-0.05, 0) is 49.3 Å². The molecule has 198 valence electrons. The number of ether oxygens (including phenoxy) is 2. The van der Waals surface area contributed by atoms with Crippen molar-refractivity contribution in [2.45, 2.75) is 69.2 Å². The van der Waals surface area contributed by atoms with E-state index >= 15 is 0 Å². The number of carbonyl (C=O) groups excluding carboxylic acids is 2. The molecule has 1 saturated carbocycles. The molecular formula is C29H37N3O5. The minimum atomic E-state index is -0.826. The van der Waals surface area contributed by atoms with Gasteiger partial charge in [-0.1, -0.05) is 49.4 Å². The second kappa shape index (κ2) is 11.1. The number of hydrogen-bond acceptors (Lipinski definition) is 6. The molecule has 1 spiro atoms. The molecule has 8 nitrogen and oxygen atoms in total. The lowest BCUT2D eigenvalue weighted by molar-refractivity contribution is -0.123. The Bertz CT molecular complexity index is 1100. The SMILES string of the molecule is CCc1ccc2c(c1)[C@@H](NC[C@@H](O)[C@H](Cc1ccccc1)NC(=O)CN1CCOC1=O)CC1(CCC1)O2. The molecular weight excluding hydrogens is 470 g/mol. The van der Waals surface area contributed by atoms with E-state index in [1.54, 1.807) is 0 Å². The zero-order valence-corrected chi connectivity index (χ0v) is 21.4. The molecule has 0 unspecified atom stereocenters. The molecule has 3 atom stereocenters. The monoisotopic (exact) mass is 507 g/mol. The Morgan fingerprint density at radius 1 is 1.19 bits per heavy atom. The van der Waals surface area contributed by atoms with Crippen molar-refractivity contribution in [1.29, 1.82) is 0 Å². The number of aryl methyl sites for hydroxylation is 1. The molecule has 2 heterocycles. The van der Waals surface area contributed by atoms with Crippen LogP contribution in [0.25, 0.3) is 0 Å². The van der Waals surface area contributed by atoms with E-state index in [9.17, 15) is 14.7 Å². The number of cyclic esters (lactones) is 1. The van der Waals surface area contributed by atoms with Crippen LogP contribution in [-0.2, 0) is 22.4 Å². The van der Waals surface area contributed by atoms with Gasteiger partial charge in [-0.25, -0.2) is 4.79 Å². The summed E-state index contributed by atoms with van der Waals surface area (Å²) >= 11 is 0. The third-order valence-electron chi connectivity index (χ3n) is 7.89. The van der Waals surface area contributed by atoms with Crippen LogP contribution in [0.1, 0.15) is 55.3 Å². The Morgan fingerprint density at radius 3 is 2.68 bits per heavy atom. The van der Waals surface area contributed by atoms with Gasteiger partial charge in [0.15, 0.2) is 0 Å². The van der Waals surface area contributed by atoms with Gasteiger partial charge in [0, 0.05) is 24.6 Å². The third-order valence-corrected chi connectivity index (χ3v) is 7.89. The standard InChI is InChI=1S/C29H37N3O5/c1-2-20-9-10-26-22(15-20)24(17-29(37-26)11-6-12-29)30-18-25(33)23(16-21-7-4-3-5-8-21)31-27(34)19-32-13-14-36-28(32)35/h3-5,7-10,15,23-25,30,33H,2,6,11-14,16-19H2,1H3,(H,31,34)/t23-,24-,25+/m0/s1. The number of aliphatic hydroxyl groups excluding tert-OH is 1. The van der Waals surface area contributed by atoms with Crippen LogP contribution in [-0.4, -0.2) is 66.0 Å². The van der Waals surface area contributed by atoms with Crippen molar-refractivity contribution in [1.82, 2.24) is 15.5 Å². The lowest BCUT2D eigenvalue weighted by Crippen LogP contribution is -2.53. The molecule has 37 heavy (non-hydrogen) atoms. The molecule has 1 saturated heterocycles. The van der Waals surface area contributed by atoms with E-state index in [0.29, 0.717) is 26.1 Å². The summed E-state index contributed by atoms with van der Waals surface area (Å²) in [6.45, 7) is 3.06. The van der Waals surface area contributed by atoms with E-state index in [1.807, 2.05) is 30.3 Å². The summed E-state index contributed by atoms with van der Waals surface area (Å²) in [6.07, 6.45) is 4.26. The maximum Gasteiger partial charge on any atom is 0.410 e. The van der Waals surface area contributed by atoms with E-state index in [4.69, 9.17) is 9.47 Å². The molecule has 8 heteroatoms. The van der Waals surface area contributed by atoms with Crippen molar-refractivity contribution < 1.29 is 24.2 Å². The summed E-state index contributed by atoms with van der Waals surface area (Å²) in [5.41, 5.74) is 3.30. The van der Waals surface area contributed by atoms with Gasteiger partial charge in [-0.2, -0.15) is 0 Å². The Morgan fingerprint density at radius 2 is 2.00 bits per heavy atom. The zero-order chi connectivity index (χ0) is 25.8. The summed E-state index contributed by atoms with van der Waals surface area (Å²) in [4.78, 5) is 26.0. The summed E-state index contributed by atoms with van der Waals surface area (Å²) in [5, 5.41) is 17.9. The molecule has 3 aliphatic rings. The van der Waals surface area contributed by atoms with Crippen molar-refractivity contribution in [3.8, 4) is 5.75 Å². The molecule has 2 aromatic carbocycles. The number of nitrogens with zero attached hydrogens (tertiary/aromatic N) is 1. The molecule has 0 aromatic heterocycles. The first kappa shape index (κ1) is 25.5. The zero-order valence-electron chi connectivity index (χ0n) is 21.4. The molecule has 5 rings (SSSR count). The first-order valence-corrected chi connectivity index (χ1v) is 13.4. The van der Waals surface area contributed by atoms with Gasteiger partial charge in [0.05, 0.1) is 18.7 Å². The van der Waals surface area contributed by atoms with Crippen LogP contribution in [0.2, 0.25) is 0 Å². The molecule has 0 bridgehead atoms. The number of amides is 2. The van der Waals surface area contributed by atoms with Crippen LogP contribution >= 0.6 is 0 Å². The van der Waals surface area contributed by atoms with Crippen LogP contribution in [0.15, 0.2) is 48.5 Å². The Balaban J connectivity index is 1.28. The predicted molar refractivity (Wildman–Crippen MR) is 139 cm³/mol. The van der Waals surface area contributed by atoms with Crippen LogP contribution in [0, 0.1) is 0 Å². The molecule has 2 aliphatic heterocycles. The molecule has 2 aromatic rings. The molecule has 3 N–H and O–H groups in total. The van der Waals surface area contributed by atoms with E-state index in [1.165, 1.54) is 16.9 Å². The largest absolute Gasteiger partial charge is 0.487 e. The third kappa shape index (κ3) is 5.91. The smallest absolute Gasteiger partial charge is 0.410 e. The Kier molecular flexibility index (Phi) is 7.67. The number of fused-ring (bicyclic) bond motifs is 1. The first-order valence-electron chi connectivity index (χ1n) is 13.4.